The number of aromatic nitrogens is 2. The zero-order valence-electron chi connectivity index (χ0n) is 15.8. The molecular weight excluding hydrogens is 389 g/mol. The molecule has 0 atom stereocenters. The van der Waals surface area contributed by atoms with Gasteiger partial charge in [0.25, 0.3) is 11.5 Å². The van der Waals surface area contributed by atoms with Crippen LogP contribution in [-0.2, 0) is 0 Å². The molecule has 2 N–H and O–H groups in total. The minimum Gasteiger partial charge on any atom is -0.506 e. The molecule has 7 nitrogen and oxygen atoms in total. The highest BCUT2D eigenvalue weighted by Crippen LogP contribution is 2.28. The van der Waals surface area contributed by atoms with Crippen LogP contribution in [0.25, 0.3) is 16.7 Å². The second kappa shape index (κ2) is 7.67. The van der Waals surface area contributed by atoms with Crippen LogP contribution in [0.1, 0.15) is 10.4 Å². The monoisotopic (exact) mass is 405 g/mol. The molecule has 2 aromatic carbocycles. The summed E-state index contributed by atoms with van der Waals surface area (Å²) in [4.78, 5) is 30.4. The molecule has 1 amide bonds. The van der Waals surface area contributed by atoms with Gasteiger partial charge in [-0.25, -0.2) is 9.37 Å². The lowest BCUT2D eigenvalue weighted by molar-refractivity contribution is 0.102. The summed E-state index contributed by atoms with van der Waals surface area (Å²) in [5.41, 5.74) is -0.887. The number of carbonyl (C=O) groups excluding carboxylic acids is 1. The third-order valence-corrected chi connectivity index (χ3v) is 4.57. The van der Waals surface area contributed by atoms with Crippen LogP contribution in [0, 0.1) is 5.82 Å². The van der Waals surface area contributed by atoms with Crippen LogP contribution in [0.3, 0.4) is 0 Å². The van der Waals surface area contributed by atoms with Gasteiger partial charge in [-0.3, -0.25) is 14.2 Å². The number of anilines is 1. The van der Waals surface area contributed by atoms with Crippen LogP contribution in [0.2, 0.25) is 0 Å². The fourth-order valence-corrected chi connectivity index (χ4v) is 3.15. The first-order chi connectivity index (χ1) is 14.5. The summed E-state index contributed by atoms with van der Waals surface area (Å²) in [7, 11) is 1.49. The number of para-hydroxylation sites is 1. The van der Waals surface area contributed by atoms with E-state index in [1.54, 1.807) is 30.3 Å². The molecule has 0 aliphatic heterocycles. The number of benzene rings is 2. The Morgan fingerprint density at radius 3 is 2.70 bits per heavy atom. The molecule has 0 aliphatic carbocycles. The summed E-state index contributed by atoms with van der Waals surface area (Å²) < 4.78 is 20.4. The predicted molar refractivity (Wildman–Crippen MR) is 110 cm³/mol. The van der Waals surface area contributed by atoms with Gasteiger partial charge in [0.2, 0.25) is 0 Å². The second-order valence-electron chi connectivity index (χ2n) is 6.37. The Hall–Kier alpha value is -4.20. The van der Waals surface area contributed by atoms with E-state index in [0.717, 1.165) is 0 Å². The van der Waals surface area contributed by atoms with Gasteiger partial charge < -0.3 is 15.2 Å². The highest BCUT2D eigenvalue weighted by molar-refractivity contribution is 6.09. The molecule has 0 fully saturated rings. The number of pyridine rings is 2. The predicted octanol–water partition coefficient (Wildman–Crippen LogP) is 3.49. The SMILES string of the molecule is COc1cccc(-n2c(=O)c(C(=O)Nc3ccccc3F)c(O)c3cccnc32)c1. The lowest BCUT2D eigenvalue weighted by Crippen LogP contribution is -2.29. The molecule has 0 saturated carbocycles. The van der Waals surface area contributed by atoms with Crippen molar-refractivity contribution < 1.29 is 19.0 Å². The normalized spacial score (nSPS) is 10.7. The smallest absolute Gasteiger partial charge is 0.273 e. The van der Waals surface area contributed by atoms with Gasteiger partial charge in [0.15, 0.2) is 5.65 Å². The molecule has 150 valence electrons. The molecule has 0 aliphatic rings. The van der Waals surface area contributed by atoms with Crippen molar-refractivity contribution in [1.82, 2.24) is 9.55 Å². The molecular formula is C22H16FN3O4. The molecule has 30 heavy (non-hydrogen) atoms. The maximum absolute atomic E-state index is 14.0. The van der Waals surface area contributed by atoms with Crippen molar-refractivity contribution in [3.05, 3.63) is 88.6 Å². The zero-order chi connectivity index (χ0) is 21.3. The second-order valence-corrected chi connectivity index (χ2v) is 6.37. The van der Waals surface area contributed by atoms with E-state index in [0.29, 0.717) is 11.4 Å². The van der Waals surface area contributed by atoms with E-state index < -0.39 is 28.6 Å². The van der Waals surface area contributed by atoms with Gasteiger partial charge in [-0.05, 0) is 36.4 Å². The number of hydrogen-bond donors (Lipinski definition) is 2. The number of aromatic hydroxyl groups is 1. The quantitative estimate of drug-likeness (QED) is 0.542. The minimum atomic E-state index is -0.940. The summed E-state index contributed by atoms with van der Waals surface area (Å²) in [6, 6.07) is 15.3. The maximum Gasteiger partial charge on any atom is 0.273 e. The van der Waals surface area contributed by atoms with Crippen LogP contribution in [0.4, 0.5) is 10.1 Å². The van der Waals surface area contributed by atoms with E-state index in [1.807, 2.05) is 0 Å². The Morgan fingerprint density at radius 1 is 1.13 bits per heavy atom. The van der Waals surface area contributed by atoms with Gasteiger partial charge in [-0.1, -0.05) is 18.2 Å². The maximum atomic E-state index is 14.0. The molecule has 0 spiro atoms. The van der Waals surface area contributed by atoms with Crippen molar-refractivity contribution in [2.45, 2.75) is 0 Å². The van der Waals surface area contributed by atoms with Crippen molar-refractivity contribution in [1.29, 1.82) is 0 Å². The average Bonchev–Trinajstić information content (AvgIpc) is 2.76. The van der Waals surface area contributed by atoms with E-state index in [1.165, 1.54) is 48.2 Å². The van der Waals surface area contributed by atoms with Crippen molar-refractivity contribution in [3.63, 3.8) is 0 Å². The fraction of sp³-hybridized carbons (Fsp3) is 0.0455. The van der Waals surface area contributed by atoms with Crippen LogP contribution in [0.5, 0.6) is 11.5 Å². The molecule has 4 rings (SSSR count). The summed E-state index contributed by atoms with van der Waals surface area (Å²) in [5, 5.41) is 13.2. The highest BCUT2D eigenvalue weighted by atomic mass is 19.1. The Labute approximate surface area is 170 Å². The Morgan fingerprint density at radius 2 is 1.93 bits per heavy atom. The largest absolute Gasteiger partial charge is 0.506 e. The number of nitrogens with one attached hydrogen (secondary N) is 1. The standard InChI is InChI=1S/C22H16FN3O4/c1-30-14-7-4-6-13(12-14)26-20-15(8-5-11-24-20)19(27)18(22(26)29)21(28)25-17-10-3-2-9-16(17)23/h2-12,27H,1H3,(H,25,28). The third kappa shape index (κ3) is 3.24. The molecule has 2 heterocycles. The van der Waals surface area contributed by atoms with E-state index in [-0.39, 0.29) is 16.7 Å². The van der Waals surface area contributed by atoms with Crippen LogP contribution >= 0.6 is 0 Å². The number of ether oxygens (including phenoxy) is 1. The van der Waals surface area contributed by atoms with Crippen molar-refractivity contribution in [2.75, 3.05) is 12.4 Å². The lowest BCUT2D eigenvalue weighted by Gasteiger charge is -2.15. The van der Waals surface area contributed by atoms with E-state index in [2.05, 4.69) is 10.3 Å². The number of halogens is 1. The van der Waals surface area contributed by atoms with Crippen molar-refractivity contribution in [3.8, 4) is 17.2 Å². The van der Waals surface area contributed by atoms with E-state index in [9.17, 15) is 19.1 Å². The number of amides is 1. The van der Waals surface area contributed by atoms with Gasteiger partial charge in [-0.2, -0.15) is 0 Å². The molecule has 0 bridgehead atoms. The number of fused-ring (bicyclic) bond motifs is 1. The molecule has 4 aromatic rings. The van der Waals surface area contributed by atoms with Crippen LogP contribution in [-0.4, -0.2) is 27.7 Å². The molecule has 2 aromatic heterocycles. The summed E-state index contributed by atoms with van der Waals surface area (Å²) >= 11 is 0. The highest BCUT2D eigenvalue weighted by Gasteiger charge is 2.24. The van der Waals surface area contributed by atoms with Gasteiger partial charge in [0.1, 0.15) is 22.9 Å². The van der Waals surface area contributed by atoms with Gasteiger partial charge in [0, 0.05) is 12.3 Å². The topological polar surface area (TPSA) is 93.5 Å². The first kappa shape index (κ1) is 19.1. The van der Waals surface area contributed by atoms with Gasteiger partial charge >= 0.3 is 0 Å². The first-order valence-electron chi connectivity index (χ1n) is 8.94. The average molecular weight is 405 g/mol. The van der Waals surface area contributed by atoms with Crippen molar-refractivity contribution in [2.24, 2.45) is 0 Å². The molecule has 0 saturated heterocycles. The summed E-state index contributed by atoms with van der Waals surface area (Å²) in [5.74, 6) is -1.64. The summed E-state index contributed by atoms with van der Waals surface area (Å²) in [6.07, 6.45) is 1.47. The zero-order valence-corrected chi connectivity index (χ0v) is 15.8. The van der Waals surface area contributed by atoms with Crippen LogP contribution < -0.4 is 15.6 Å². The summed E-state index contributed by atoms with van der Waals surface area (Å²) in [6.45, 7) is 0. The van der Waals surface area contributed by atoms with Crippen LogP contribution in [0.15, 0.2) is 71.7 Å². The molecule has 0 radical (unpaired) electrons. The number of nitrogens with zero attached hydrogens (tertiary/aromatic N) is 2. The lowest BCUT2D eigenvalue weighted by atomic mass is 10.1. The van der Waals surface area contributed by atoms with E-state index >= 15 is 0 Å². The Bertz CT molecular complexity index is 1330. The fourth-order valence-electron chi connectivity index (χ4n) is 3.15. The van der Waals surface area contributed by atoms with E-state index in [4.69, 9.17) is 4.74 Å². The van der Waals surface area contributed by atoms with Gasteiger partial charge in [0.05, 0.1) is 23.9 Å². The van der Waals surface area contributed by atoms with Crippen molar-refractivity contribution >= 4 is 22.6 Å². The molecule has 8 heteroatoms. The van der Waals surface area contributed by atoms with Gasteiger partial charge in [-0.15, -0.1) is 0 Å². The third-order valence-electron chi connectivity index (χ3n) is 4.57. The Balaban J connectivity index is 1.96. The Kier molecular flexibility index (Phi) is 4.89. The molecule has 0 unspecified atom stereocenters. The number of rotatable bonds is 4. The first-order valence-corrected chi connectivity index (χ1v) is 8.94. The number of hydrogen-bond acceptors (Lipinski definition) is 5. The minimum absolute atomic E-state index is 0.111. The number of methoxy groups -OCH3 is 1. The number of carbonyl (C=O) groups is 1.